The first-order valence-corrected chi connectivity index (χ1v) is 7.84. The third kappa shape index (κ3) is 3.78. The number of aromatic amines is 2. The summed E-state index contributed by atoms with van der Waals surface area (Å²) in [5.41, 5.74) is 8.16. The molecule has 2 heterocycles. The van der Waals surface area contributed by atoms with E-state index in [9.17, 15) is 4.79 Å². The summed E-state index contributed by atoms with van der Waals surface area (Å²) in [7, 11) is 0. The second-order valence-electron chi connectivity index (χ2n) is 5.61. The Labute approximate surface area is 134 Å². The van der Waals surface area contributed by atoms with Crippen molar-refractivity contribution in [2.75, 3.05) is 12.3 Å². The molecule has 0 saturated carbocycles. The Morgan fingerprint density at radius 2 is 2.00 bits per heavy atom. The van der Waals surface area contributed by atoms with Crippen LogP contribution in [0, 0.1) is 0 Å². The number of hydrogen-bond acceptors (Lipinski definition) is 4. The number of unbranched alkanes of at least 4 members (excludes halogenated alkanes) is 1. The Hall–Kier alpha value is -2.60. The van der Waals surface area contributed by atoms with Crippen LogP contribution in [0.15, 0.2) is 41.3 Å². The van der Waals surface area contributed by atoms with Gasteiger partial charge in [-0.05, 0) is 36.9 Å². The average Bonchev–Trinajstić information content (AvgIpc) is 2.95. The minimum Gasteiger partial charge on any atom is -0.369 e. The summed E-state index contributed by atoms with van der Waals surface area (Å²) in [6, 6.07) is 10.5. The molecule has 6 heteroatoms. The molecule has 0 aliphatic heterocycles. The van der Waals surface area contributed by atoms with E-state index in [0.717, 1.165) is 31.4 Å². The first-order valence-electron chi connectivity index (χ1n) is 7.84. The van der Waals surface area contributed by atoms with Gasteiger partial charge >= 0.3 is 0 Å². The minimum absolute atomic E-state index is 0.129. The molecule has 5 N–H and O–H groups in total. The van der Waals surface area contributed by atoms with E-state index < -0.39 is 0 Å². The molecular weight excluding hydrogens is 290 g/mol. The fourth-order valence-corrected chi connectivity index (χ4v) is 2.71. The van der Waals surface area contributed by atoms with E-state index >= 15 is 0 Å². The van der Waals surface area contributed by atoms with Crippen molar-refractivity contribution in [1.82, 2.24) is 20.3 Å². The molecule has 3 rings (SSSR count). The van der Waals surface area contributed by atoms with E-state index in [1.54, 1.807) is 0 Å². The molecule has 0 radical (unpaired) electrons. The second-order valence-corrected chi connectivity index (χ2v) is 5.61. The van der Waals surface area contributed by atoms with E-state index in [1.807, 2.05) is 12.3 Å². The molecule has 0 fully saturated rings. The summed E-state index contributed by atoms with van der Waals surface area (Å²) in [5, 5.41) is 3.96. The van der Waals surface area contributed by atoms with Crippen molar-refractivity contribution in [3.8, 4) is 0 Å². The summed E-state index contributed by atoms with van der Waals surface area (Å²) in [4.78, 5) is 21.6. The maximum atomic E-state index is 12.0. The standard InChI is InChI=1S/C17H21N5O/c18-17-21-15-14(16(23)22-17)13(11-20-15)10-19-9-5-4-8-12-6-2-1-3-7-12/h1-3,6-7,11,19H,4-5,8-10H2,(H4,18,20,21,22,23). The molecule has 6 nitrogen and oxygen atoms in total. The van der Waals surface area contributed by atoms with Crippen LogP contribution in [0.1, 0.15) is 24.0 Å². The molecule has 23 heavy (non-hydrogen) atoms. The van der Waals surface area contributed by atoms with Gasteiger partial charge in [-0.2, -0.15) is 4.98 Å². The Bertz CT molecular complexity index is 822. The number of nitrogens with zero attached hydrogens (tertiary/aromatic N) is 1. The molecule has 0 saturated heterocycles. The lowest BCUT2D eigenvalue weighted by Crippen LogP contribution is -2.17. The molecule has 0 aliphatic rings. The fraction of sp³-hybridized carbons (Fsp3) is 0.294. The summed E-state index contributed by atoms with van der Waals surface area (Å²) in [5.74, 6) is 0.129. The maximum absolute atomic E-state index is 12.0. The van der Waals surface area contributed by atoms with Crippen molar-refractivity contribution in [2.24, 2.45) is 0 Å². The van der Waals surface area contributed by atoms with Crippen molar-refractivity contribution in [1.29, 1.82) is 0 Å². The van der Waals surface area contributed by atoms with Crippen LogP contribution in [0.2, 0.25) is 0 Å². The lowest BCUT2D eigenvalue weighted by molar-refractivity contribution is 0.624. The van der Waals surface area contributed by atoms with Gasteiger partial charge in [0.1, 0.15) is 5.65 Å². The van der Waals surface area contributed by atoms with Crippen LogP contribution in [0.3, 0.4) is 0 Å². The van der Waals surface area contributed by atoms with Crippen LogP contribution in [0.5, 0.6) is 0 Å². The smallest absolute Gasteiger partial charge is 0.262 e. The molecule has 2 aromatic heterocycles. The van der Waals surface area contributed by atoms with Gasteiger partial charge in [0.25, 0.3) is 5.56 Å². The molecule has 0 spiro atoms. The summed E-state index contributed by atoms with van der Waals surface area (Å²) in [6.45, 7) is 1.56. The SMILES string of the molecule is Nc1nc2[nH]cc(CNCCCCc3ccccc3)c2c(=O)[nH]1. The number of nitrogens with one attached hydrogen (secondary N) is 3. The number of nitrogen functional groups attached to an aromatic ring is 1. The van der Waals surface area contributed by atoms with Gasteiger partial charge < -0.3 is 16.0 Å². The molecule has 0 unspecified atom stereocenters. The third-order valence-electron chi connectivity index (χ3n) is 3.87. The zero-order valence-electron chi connectivity index (χ0n) is 12.9. The Morgan fingerprint density at radius 3 is 2.83 bits per heavy atom. The number of fused-ring (bicyclic) bond motifs is 1. The van der Waals surface area contributed by atoms with Crippen molar-refractivity contribution in [2.45, 2.75) is 25.8 Å². The zero-order chi connectivity index (χ0) is 16.1. The largest absolute Gasteiger partial charge is 0.369 e. The van der Waals surface area contributed by atoms with Gasteiger partial charge in [-0.25, -0.2) is 0 Å². The van der Waals surface area contributed by atoms with E-state index in [0.29, 0.717) is 17.6 Å². The van der Waals surface area contributed by atoms with Gasteiger partial charge in [0.2, 0.25) is 5.95 Å². The molecule has 0 aliphatic carbocycles. The highest BCUT2D eigenvalue weighted by molar-refractivity contribution is 5.79. The number of H-pyrrole nitrogens is 2. The molecule has 120 valence electrons. The van der Waals surface area contributed by atoms with Crippen LogP contribution in [0.4, 0.5) is 5.95 Å². The predicted molar refractivity (Wildman–Crippen MR) is 92.2 cm³/mol. The van der Waals surface area contributed by atoms with Gasteiger partial charge in [-0.3, -0.25) is 9.78 Å². The van der Waals surface area contributed by atoms with Crippen LogP contribution in [-0.4, -0.2) is 21.5 Å². The fourth-order valence-electron chi connectivity index (χ4n) is 2.71. The Balaban J connectivity index is 1.47. The topological polar surface area (TPSA) is 99.6 Å². The van der Waals surface area contributed by atoms with Crippen LogP contribution >= 0.6 is 0 Å². The number of benzene rings is 1. The highest BCUT2D eigenvalue weighted by atomic mass is 16.1. The molecule has 0 bridgehead atoms. The van der Waals surface area contributed by atoms with Crippen molar-refractivity contribution >= 4 is 17.0 Å². The second kappa shape index (κ2) is 7.11. The minimum atomic E-state index is -0.199. The van der Waals surface area contributed by atoms with E-state index in [1.165, 1.54) is 5.56 Å². The first kappa shape index (κ1) is 15.3. The quantitative estimate of drug-likeness (QED) is 0.501. The predicted octanol–water partition coefficient (Wildman–Crippen LogP) is 1.95. The van der Waals surface area contributed by atoms with Crippen molar-refractivity contribution < 1.29 is 0 Å². The van der Waals surface area contributed by atoms with E-state index in [2.05, 4.69) is 44.5 Å². The zero-order valence-corrected chi connectivity index (χ0v) is 12.9. The molecule has 0 amide bonds. The molecular formula is C17H21N5O. The number of aromatic nitrogens is 3. The normalized spacial score (nSPS) is 11.1. The van der Waals surface area contributed by atoms with Gasteiger partial charge in [-0.1, -0.05) is 30.3 Å². The summed E-state index contributed by atoms with van der Waals surface area (Å²) < 4.78 is 0. The average molecular weight is 311 g/mol. The number of rotatable bonds is 7. The number of nitrogens with two attached hydrogens (primary N) is 1. The maximum Gasteiger partial charge on any atom is 0.262 e. The lowest BCUT2D eigenvalue weighted by Gasteiger charge is -2.04. The highest BCUT2D eigenvalue weighted by Crippen LogP contribution is 2.12. The van der Waals surface area contributed by atoms with Crippen LogP contribution < -0.4 is 16.6 Å². The Morgan fingerprint density at radius 1 is 1.17 bits per heavy atom. The monoisotopic (exact) mass is 311 g/mol. The third-order valence-corrected chi connectivity index (χ3v) is 3.87. The van der Waals surface area contributed by atoms with Crippen LogP contribution in [0.25, 0.3) is 11.0 Å². The van der Waals surface area contributed by atoms with Gasteiger partial charge in [0.15, 0.2) is 0 Å². The number of anilines is 1. The van der Waals surface area contributed by atoms with E-state index in [-0.39, 0.29) is 11.5 Å². The summed E-state index contributed by atoms with van der Waals surface area (Å²) >= 11 is 0. The molecule has 1 aromatic carbocycles. The van der Waals surface area contributed by atoms with Crippen molar-refractivity contribution in [3.05, 3.63) is 58.0 Å². The lowest BCUT2D eigenvalue weighted by atomic mass is 10.1. The summed E-state index contributed by atoms with van der Waals surface area (Å²) in [6.07, 6.45) is 5.14. The van der Waals surface area contributed by atoms with Crippen LogP contribution in [-0.2, 0) is 13.0 Å². The Kier molecular flexibility index (Phi) is 4.73. The van der Waals surface area contributed by atoms with E-state index in [4.69, 9.17) is 5.73 Å². The highest BCUT2D eigenvalue weighted by Gasteiger charge is 2.09. The van der Waals surface area contributed by atoms with Gasteiger partial charge in [0, 0.05) is 12.7 Å². The van der Waals surface area contributed by atoms with Gasteiger partial charge in [0.05, 0.1) is 5.39 Å². The van der Waals surface area contributed by atoms with Gasteiger partial charge in [-0.15, -0.1) is 0 Å². The molecule has 0 atom stereocenters. The number of aryl methyl sites for hydroxylation is 1. The molecule has 3 aromatic rings. The van der Waals surface area contributed by atoms with Crippen molar-refractivity contribution in [3.63, 3.8) is 0 Å². The first-order chi connectivity index (χ1) is 11.2. The number of hydrogen-bond donors (Lipinski definition) is 4.